The number of anilines is 1. The monoisotopic (exact) mass is 458 g/mol. The Balaban J connectivity index is 1.39. The number of aromatic nitrogens is 3. The first-order valence-electron chi connectivity index (χ1n) is 11.2. The van der Waals surface area contributed by atoms with Gasteiger partial charge in [0, 0.05) is 29.1 Å². The second-order valence-electron chi connectivity index (χ2n) is 8.16. The van der Waals surface area contributed by atoms with Crippen LogP contribution in [-0.4, -0.2) is 41.0 Å². The van der Waals surface area contributed by atoms with E-state index in [0.29, 0.717) is 42.7 Å². The molecule has 0 fully saturated rings. The molecule has 0 spiro atoms. The number of benzene rings is 2. The van der Waals surface area contributed by atoms with E-state index < -0.39 is 0 Å². The maximum Gasteiger partial charge on any atom is 0.224 e. The van der Waals surface area contributed by atoms with E-state index in [4.69, 9.17) is 24.3 Å². The predicted molar refractivity (Wildman–Crippen MR) is 129 cm³/mol. The summed E-state index contributed by atoms with van der Waals surface area (Å²) in [6.07, 6.45) is 0.773. The van der Waals surface area contributed by atoms with Crippen LogP contribution in [-0.2, 0) is 11.2 Å². The van der Waals surface area contributed by atoms with Crippen molar-refractivity contribution in [3.05, 3.63) is 65.4 Å². The summed E-state index contributed by atoms with van der Waals surface area (Å²) in [5.74, 6) is 1.74. The Morgan fingerprint density at radius 2 is 1.85 bits per heavy atom. The van der Waals surface area contributed by atoms with Gasteiger partial charge in [-0.1, -0.05) is 18.2 Å². The molecule has 1 amide bonds. The predicted octanol–water partition coefficient (Wildman–Crippen LogP) is 4.39. The fraction of sp³-hybridized carbons (Fsp3) is 0.269. The highest BCUT2D eigenvalue weighted by atomic mass is 16.6. The van der Waals surface area contributed by atoms with Gasteiger partial charge in [-0.15, -0.1) is 0 Å². The van der Waals surface area contributed by atoms with Crippen LogP contribution < -0.4 is 19.5 Å². The van der Waals surface area contributed by atoms with Crippen molar-refractivity contribution < 1.29 is 19.0 Å². The number of para-hydroxylation sites is 1. The van der Waals surface area contributed by atoms with Gasteiger partial charge in [0.2, 0.25) is 11.8 Å². The lowest BCUT2D eigenvalue weighted by Crippen LogP contribution is -2.16. The number of amides is 1. The van der Waals surface area contributed by atoms with Crippen molar-refractivity contribution in [2.45, 2.75) is 26.7 Å². The van der Waals surface area contributed by atoms with Crippen LogP contribution in [0.3, 0.4) is 0 Å². The zero-order valence-electron chi connectivity index (χ0n) is 19.4. The van der Waals surface area contributed by atoms with Gasteiger partial charge >= 0.3 is 0 Å². The second kappa shape index (κ2) is 9.05. The number of nitrogens with one attached hydrogen (secondary N) is 1. The molecule has 2 aromatic carbocycles. The number of hydrogen-bond acceptors (Lipinski definition) is 6. The number of pyridine rings is 1. The molecule has 34 heavy (non-hydrogen) atoms. The van der Waals surface area contributed by atoms with Crippen molar-refractivity contribution in [1.82, 2.24) is 14.8 Å². The number of carbonyl (C=O) groups is 1. The Kier molecular flexibility index (Phi) is 5.79. The quantitative estimate of drug-likeness (QED) is 0.461. The van der Waals surface area contributed by atoms with Crippen LogP contribution in [0.1, 0.15) is 23.2 Å². The zero-order chi connectivity index (χ0) is 23.7. The van der Waals surface area contributed by atoms with Crippen molar-refractivity contribution in [3.63, 3.8) is 0 Å². The molecule has 8 nitrogen and oxygen atoms in total. The molecule has 4 aromatic rings. The second-order valence-corrected chi connectivity index (χ2v) is 8.16. The average Bonchev–Trinajstić information content (AvgIpc) is 3.20. The standard InChI is InChI=1S/C26H26N4O4/c1-16-20(10-12-23(31)27-18-9-11-21-22(15-18)34-14-13-33-21)26(32-3)28-25-24(16)17(2)29-30(25)19-7-5-4-6-8-19/h4-9,11,15H,10,12-14H2,1-3H3,(H,27,31). The van der Waals surface area contributed by atoms with Crippen molar-refractivity contribution >= 4 is 22.6 Å². The smallest absolute Gasteiger partial charge is 0.224 e. The molecule has 0 atom stereocenters. The number of rotatable bonds is 6. The third kappa shape index (κ3) is 4.03. The maximum absolute atomic E-state index is 12.7. The van der Waals surface area contributed by atoms with E-state index in [1.807, 2.05) is 61.0 Å². The lowest BCUT2D eigenvalue weighted by molar-refractivity contribution is -0.116. The third-order valence-electron chi connectivity index (χ3n) is 5.95. The zero-order valence-corrected chi connectivity index (χ0v) is 19.4. The number of nitrogens with zero attached hydrogens (tertiary/aromatic N) is 3. The molecular formula is C26H26N4O4. The van der Waals surface area contributed by atoms with Gasteiger partial charge in [0.05, 0.1) is 18.5 Å². The average molecular weight is 459 g/mol. The molecule has 0 saturated heterocycles. The Hall–Kier alpha value is -4.07. The summed E-state index contributed by atoms with van der Waals surface area (Å²) in [6, 6.07) is 15.3. The van der Waals surface area contributed by atoms with E-state index in [9.17, 15) is 4.79 Å². The largest absolute Gasteiger partial charge is 0.486 e. The minimum Gasteiger partial charge on any atom is -0.486 e. The summed E-state index contributed by atoms with van der Waals surface area (Å²) < 4.78 is 18.6. The summed E-state index contributed by atoms with van der Waals surface area (Å²) in [7, 11) is 1.60. The minimum absolute atomic E-state index is 0.102. The topological polar surface area (TPSA) is 87.5 Å². The summed E-state index contributed by atoms with van der Waals surface area (Å²) >= 11 is 0. The molecule has 8 heteroatoms. The maximum atomic E-state index is 12.7. The SMILES string of the molecule is COc1nc2c(c(C)nn2-c2ccccc2)c(C)c1CCC(=O)Nc1ccc2c(c1)OCCO2. The molecule has 1 N–H and O–H groups in total. The van der Waals surface area contributed by atoms with Crippen LogP contribution in [0.2, 0.25) is 0 Å². The Morgan fingerprint density at radius 3 is 2.62 bits per heavy atom. The molecule has 1 aliphatic heterocycles. The van der Waals surface area contributed by atoms with Crippen LogP contribution in [0.25, 0.3) is 16.7 Å². The first-order chi connectivity index (χ1) is 16.5. The van der Waals surface area contributed by atoms with Gasteiger partial charge in [0.25, 0.3) is 0 Å². The Morgan fingerprint density at radius 1 is 1.09 bits per heavy atom. The van der Waals surface area contributed by atoms with E-state index in [-0.39, 0.29) is 12.3 Å². The van der Waals surface area contributed by atoms with Crippen LogP contribution in [0.5, 0.6) is 17.4 Å². The van der Waals surface area contributed by atoms with Gasteiger partial charge in [0.15, 0.2) is 17.1 Å². The van der Waals surface area contributed by atoms with Crippen LogP contribution in [0.15, 0.2) is 48.5 Å². The number of ether oxygens (including phenoxy) is 3. The van der Waals surface area contributed by atoms with Crippen LogP contribution in [0, 0.1) is 13.8 Å². The van der Waals surface area contributed by atoms with Crippen molar-refractivity contribution in [2.24, 2.45) is 0 Å². The van der Waals surface area contributed by atoms with Crippen molar-refractivity contribution in [2.75, 3.05) is 25.6 Å². The molecule has 1 aliphatic rings. The van der Waals surface area contributed by atoms with Crippen molar-refractivity contribution in [1.29, 1.82) is 0 Å². The number of methoxy groups -OCH3 is 1. The highest BCUT2D eigenvalue weighted by molar-refractivity contribution is 5.91. The van der Waals surface area contributed by atoms with E-state index in [0.717, 1.165) is 33.5 Å². The van der Waals surface area contributed by atoms with Gasteiger partial charge in [-0.05, 0) is 50.1 Å². The number of hydrogen-bond donors (Lipinski definition) is 1. The number of aryl methyl sites for hydroxylation is 2. The fourth-order valence-corrected chi connectivity index (χ4v) is 4.33. The van der Waals surface area contributed by atoms with Crippen LogP contribution in [0.4, 0.5) is 5.69 Å². The molecule has 3 heterocycles. The first kappa shape index (κ1) is 21.8. The molecule has 0 unspecified atom stereocenters. The molecule has 5 rings (SSSR count). The number of fused-ring (bicyclic) bond motifs is 2. The molecule has 2 aromatic heterocycles. The molecule has 0 radical (unpaired) electrons. The van der Waals surface area contributed by atoms with Gasteiger partial charge < -0.3 is 19.5 Å². The Bertz CT molecular complexity index is 1360. The third-order valence-corrected chi connectivity index (χ3v) is 5.95. The van der Waals surface area contributed by atoms with Gasteiger partial charge in [-0.2, -0.15) is 10.1 Å². The summed E-state index contributed by atoms with van der Waals surface area (Å²) in [6.45, 7) is 5.03. The summed E-state index contributed by atoms with van der Waals surface area (Å²) in [5.41, 5.74) is 5.15. The molecule has 0 aliphatic carbocycles. The first-order valence-corrected chi connectivity index (χ1v) is 11.2. The van der Waals surface area contributed by atoms with E-state index in [1.54, 1.807) is 13.2 Å². The molecular weight excluding hydrogens is 432 g/mol. The molecule has 0 saturated carbocycles. The minimum atomic E-state index is -0.102. The van der Waals surface area contributed by atoms with Crippen molar-refractivity contribution in [3.8, 4) is 23.1 Å². The summed E-state index contributed by atoms with van der Waals surface area (Å²) in [4.78, 5) is 17.5. The normalized spacial score (nSPS) is 12.6. The molecule has 0 bridgehead atoms. The van der Waals surface area contributed by atoms with Gasteiger partial charge in [-0.3, -0.25) is 4.79 Å². The molecule has 174 valence electrons. The van der Waals surface area contributed by atoms with Gasteiger partial charge in [-0.25, -0.2) is 4.68 Å². The van der Waals surface area contributed by atoms with E-state index in [1.165, 1.54) is 0 Å². The van der Waals surface area contributed by atoms with E-state index in [2.05, 4.69) is 5.32 Å². The highest BCUT2D eigenvalue weighted by Crippen LogP contribution is 2.34. The number of carbonyl (C=O) groups excluding carboxylic acids is 1. The van der Waals surface area contributed by atoms with Crippen LogP contribution >= 0.6 is 0 Å². The lowest BCUT2D eigenvalue weighted by Gasteiger charge is -2.19. The fourth-order valence-electron chi connectivity index (χ4n) is 4.33. The Labute approximate surface area is 197 Å². The summed E-state index contributed by atoms with van der Waals surface area (Å²) in [5, 5.41) is 8.64. The lowest BCUT2D eigenvalue weighted by atomic mass is 10.0. The highest BCUT2D eigenvalue weighted by Gasteiger charge is 2.20. The van der Waals surface area contributed by atoms with E-state index >= 15 is 0 Å². The van der Waals surface area contributed by atoms with Gasteiger partial charge in [0.1, 0.15) is 13.2 Å².